The number of hydrogen-bond acceptors (Lipinski definition) is 6. The molecular formula is C19H23NO5S. The molecule has 7 heteroatoms. The Bertz CT molecular complexity index is 862. The van der Waals surface area contributed by atoms with E-state index in [1.807, 2.05) is 13.8 Å². The van der Waals surface area contributed by atoms with Crippen LogP contribution in [0.15, 0.2) is 6.07 Å². The first kappa shape index (κ1) is 19.9. The van der Waals surface area contributed by atoms with Crippen molar-refractivity contribution < 1.29 is 23.9 Å². The van der Waals surface area contributed by atoms with Crippen molar-refractivity contribution in [3.05, 3.63) is 43.9 Å². The monoisotopic (exact) mass is 377 g/mol. The number of ketones is 1. The molecule has 2 aromatic heterocycles. The van der Waals surface area contributed by atoms with Crippen LogP contribution in [0.4, 0.5) is 0 Å². The summed E-state index contributed by atoms with van der Waals surface area (Å²) < 4.78 is 10.4. The minimum absolute atomic E-state index is 0.250. The molecule has 0 aliphatic rings. The molecule has 0 aliphatic heterocycles. The summed E-state index contributed by atoms with van der Waals surface area (Å²) in [4.78, 5) is 41.9. The number of Topliss-reactive ketones (excluding diaryl/α,β-unsaturated/α-hetero) is 1. The first-order chi connectivity index (χ1) is 12.2. The fourth-order valence-electron chi connectivity index (χ4n) is 2.82. The summed E-state index contributed by atoms with van der Waals surface area (Å²) in [6, 6.07) is 1.75. The smallest absolute Gasteiger partial charge is 0.340 e. The largest absolute Gasteiger partial charge is 0.462 e. The zero-order valence-electron chi connectivity index (χ0n) is 15.8. The molecular weight excluding hydrogens is 354 g/mol. The van der Waals surface area contributed by atoms with Gasteiger partial charge in [0.2, 0.25) is 5.78 Å². The Morgan fingerprint density at radius 2 is 1.81 bits per heavy atom. The normalized spacial score (nSPS) is 11.9. The number of carbonyl (C=O) groups excluding carboxylic acids is 3. The van der Waals surface area contributed by atoms with Crippen molar-refractivity contribution in [2.24, 2.45) is 0 Å². The Labute approximate surface area is 156 Å². The summed E-state index contributed by atoms with van der Waals surface area (Å²) in [5.41, 5.74) is 2.12. The van der Waals surface area contributed by atoms with Crippen LogP contribution in [0.2, 0.25) is 0 Å². The summed E-state index contributed by atoms with van der Waals surface area (Å²) in [7, 11) is 0. The highest BCUT2D eigenvalue weighted by molar-refractivity contribution is 7.12. The highest BCUT2D eigenvalue weighted by Gasteiger charge is 2.28. The third-order valence-electron chi connectivity index (χ3n) is 4.08. The second-order valence-corrected chi connectivity index (χ2v) is 7.54. The third kappa shape index (κ3) is 3.88. The number of nitrogens with one attached hydrogen (secondary N) is 1. The number of aromatic nitrogens is 1. The minimum Gasteiger partial charge on any atom is -0.462 e. The van der Waals surface area contributed by atoms with E-state index >= 15 is 0 Å². The van der Waals surface area contributed by atoms with E-state index in [0.717, 1.165) is 9.75 Å². The van der Waals surface area contributed by atoms with Gasteiger partial charge in [-0.3, -0.25) is 4.79 Å². The van der Waals surface area contributed by atoms with Gasteiger partial charge in [-0.25, -0.2) is 9.59 Å². The molecule has 0 radical (unpaired) electrons. The Hall–Kier alpha value is -2.41. The highest BCUT2D eigenvalue weighted by atomic mass is 32.1. The fourth-order valence-corrected chi connectivity index (χ4v) is 3.73. The van der Waals surface area contributed by atoms with Crippen LogP contribution < -0.4 is 0 Å². The number of carbonyl (C=O) groups is 3. The summed E-state index contributed by atoms with van der Waals surface area (Å²) >= 11 is 1.50. The van der Waals surface area contributed by atoms with Crippen LogP contribution in [0.25, 0.3) is 0 Å². The lowest BCUT2D eigenvalue weighted by Crippen LogP contribution is -2.25. The van der Waals surface area contributed by atoms with Crippen molar-refractivity contribution in [3.8, 4) is 0 Å². The van der Waals surface area contributed by atoms with E-state index in [2.05, 4.69) is 4.98 Å². The van der Waals surface area contributed by atoms with Crippen molar-refractivity contribution in [2.45, 2.75) is 47.6 Å². The second kappa shape index (κ2) is 7.86. The highest BCUT2D eigenvalue weighted by Crippen LogP contribution is 2.24. The van der Waals surface area contributed by atoms with Gasteiger partial charge in [-0.15, -0.1) is 11.3 Å². The number of thiophene rings is 1. The first-order valence-corrected chi connectivity index (χ1v) is 9.17. The van der Waals surface area contributed by atoms with E-state index in [1.54, 1.807) is 26.8 Å². The van der Waals surface area contributed by atoms with Crippen LogP contribution in [0.3, 0.4) is 0 Å². The first-order valence-electron chi connectivity index (χ1n) is 8.35. The number of H-pyrrole nitrogens is 1. The topological polar surface area (TPSA) is 85.5 Å². The molecule has 26 heavy (non-hydrogen) atoms. The van der Waals surface area contributed by atoms with Gasteiger partial charge in [0, 0.05) is 15.4 Å². The van der Waals surface area contributed by atoms with E-state index < -0.39 is 18.0 Å². The number of aromatic amines is 1. The molecule has 2 heterocycles. The standard InChI is InChI=1S/C19H23NO5S/c1-7-24-19(23)15-10(3)16(20-11(15)4)17(21)12(5)25-18(22)14-8-9(2)26-13(14)6/h8,12,20H,7H2,1-6H3/t12-/m1/s1. The molecule has 0 unspecified atom stereocenters. The molecule has 2 rings (SSSR count). The van der Waals surface area contributed by atoms with Crippen molar-refractivity contribution in [2.75, 3.05) is 6.61 Å². The second-order valence-electron chi connectivity index (χ2n) is 6.08. The molecule has 0 spiro atoms. The molecule has 1 N–H and O–H groups in total. The van der Waals surface area contributed by atoms with Gasteiger partial charge in [0.05, 0.1) is 23.4 Å². The predicted octanol–water partition coefficient (Wildman–Crippen LogP) is 3.91. The van der Waals surface area contributed by atoms with Crippen LogP contribution in [-0.2, 0) is 9.47 Å². The van der Waals surface area contributed by atoms with Gasteiger partial charge in [0.25, 0.3) is 0 Å². The Morgan fingerprint density at radius 1 is 1.15 bits per heavy atom. The lowest BCUT2D eigenvalue weighted by Gasteiger charge is -2.12. The zero-order chi connectivity index (χ0) is 19.6. The lowest BCUT2D eigenvalue weighted by molar-refractivity contribution is 0.0316. The number of aryl methyl sites for hydroxylation is 3. The Balaban J connectivity index is 2.21. The third-order valence-corrected chi connectivity index (χ3v) is 5.04. The van der Waals surface area contributed by atoms with Crippen molar-refractivity contribution in [3.63, 3.8) is 0 Å². The van der Waals surface area contributed by atoms with Crippen molar-refractivity contribution in [1.82, 2.24) is 4.98 Å². The van der Waals surface area contributed by atoms with Crippen LogP contribution in [0.1, 0.15) is 66.1 Å². The molecule has 6 nitrogen and oxygen atoms in total. The SMILES string of the molecule is CCOC(=O)c1c(C)[nH]c(C(=O)[C@@H](C)OC(=O)c2cc(C)sc2C)c1C. The Kier molecular flexibility index (Phi) is 6.02. The maximum atomic E-state index is 12.7. The maximum Gasteiger partial charge on any atom is 0.340 e. The van der Waals surface area contributed by atoms with Crippen molar-refractivity contribution in [1.29, 1.82) is 0 Å². The number of hydrogen-bond donors (Lipinski definition) is 1. The van der Waals surface area contributed by atoms with Crippen LogP contribution in [-0.4, -0.2) is 35.4 Å². The molecule has 0 aromatic carbocycles. The number of esters is 2. The summed E-state index contributed by atoms with van der Waals surface area (Å²) in [6.45, 7) is 10.6. The summed E-state index contributed by atoms with van der Waals surface area (Å²) in [6.07, 6.45) is -0.978. The molecule has 140 valence electrons. The molecule has 0 saturated heterocycles. The van der Waals surface area contributed by atoms with E-state index in [0.29, 0.717) is 22.4 Å². The lowest BCUT2D eigenvalue weighted by atomic mass is 10.1. The van der Waals surface area contributed by atoms with Gasteiger partial charge in [-0.2, -0.15) is 0 Å². The molecule has 0 saturated carbocycles. The van der Waals surface area contributed by atoms with E-state index in [9.17, 15) is 14.4 Å². The predicted molar refractivity (Wildman–Crippen MR) is 99.2 cm³/mol. The molecule has 0 aliphatic carbocycles. The van der Waals surface area contributed by atoms with Gasteiger partial charge in [0.15, 0.2) is 6.10 Å². The quantitative estimate of drug-likeness (QED) is 0.609. The summed E-state index contributed by atoms with van der Waals surface area (Å²) in [5, 5.41) is 0. The zero-order valence-corrected chi connectivity index (χ0v) is 16.6. The van der Waals surface area contributed by atoms with E-state index in [1.165, 1.54) is 18.3 Å². The van der Waals surface area contributed by atoms with Crippen LogP contribution in [0, 0.1) is 27.7 Å². The van der Waals surface area contributed by atoms with E-state index in [-0.39, 0.29) is 18.1 Å². The van der Waals surface area contributed by atoms with Gasteiger partial charge < -0.3 is 14.5 Å². The minimum atomic E-state index is -0.978. The maximum absolute atomic E-state index is 12.7. The average molecular weight is 377 g/mol. The van der Waals surface area contributed by atoms with Crippen LogP contribution >= 0.6 is 11.3 Å². The summed E-state index contributed by atoms with van der Waals surface area (Å²) in [5.74, 6) is -1.40. The van der Waals surface area contributed by atoms with Gasteiger partial charge in [-0.05, 0) is 53.2 Å². The molecule has 0 fully saturated rings. The number of rotatable bonds is 6. The number of ether oxygens (including phenoxy) is 2. The van der Waals surface area contributed by atoms with Crippen LogP contribution in [0.5, 0.6) is 0 Å². The van der Waals surface area contributed by atoms with Gasteiger partial charge in [-0.1, -0.05) is 0 Å². The molecule has 1 atom stereocenters. The van der Waals surface area contributed by atoms with E-state index in [4.69, 9.17) is 9.47 Å². The molecule has 0 bridgehead atoms. The molecule has 2 aromatic rings. The average Bonchev–Trinajstić information content (AvgIpc) is 3.05. The van der Waals surface area contributed by atoms with Gasteiger partial charge in [0.1, 0.15) is 0 Å². The van der Waals surface area contributed by atoms with Gasteiger partial charge >= 0.3 is 11.9 Å². The Morgan fingerprint density at radius 3 is 2.35 bits per heavy atom. The molecule has 0 amide bonds. The fraction of sp³-hybridized carbons (Fsp3) is 0.421. The van der Waals surface area contributed by atoms with Crippen molar-refractivity contribution >= 4 is 29.1 Å².